The van der Waals surface area contributed by atoms with E-state index in [1.54, 1.807) is 48.5 Å². The van der Waals surface area contributed by atoms with Gasteiger partial charge in [0.1, 0.15) is 5.82 Å². The zero-order valence-corrected chi connectivity index (χ0v) is 13.7. The van der Waals surface area contributed by atoms with Crippen molar-refractivity contribution in [3.05, 3.63) is 107 Å². The van der Waals surface area contributed by atoms with Crippen LogP contribution in [0.4, 0.5) is 4.39 Å². The first-order valence-electron chi connectivity index (χ1n) is 8.22. The Hall–Kier alpha value is -2.78. The number of halogens is 1. The minimum absolute atomic E-state index is 0.124. The zero-order valence-electron chi connectivity index (χ0n) is 13.7. The molecule has 3 aromatic carbocycles. The van der Waals surface area contributed by atoms with E-state index in [2.05, 4.69) is 0 Å². The minimum Gasteiger partial charge on any atom is -0.388 e. The third-order valence-electron chi connectivity index (χ3n) is 4.29. The fourth-order valence-electron chi connectivity index (χ4n) is 2.92. The summed E-state index contributed by atoms with van der Waals surface area (Å²) in [6.45, 7) is 0. The van der Waals surface area contributed by atoms with Crippen LogP contribution in [0.2, 0.25) is 0 Å². The van der Waals surface area contributed by atoms with Gasteiger partial charge in [0, 0.05) is 5.56 Å². The summed E-state index contributed by atoms with van der Waals surface area (Å²) in [6, 6.07) is 24.1. The highest BCUT2D eigenvalue weighted by molar-refractivity contribution is 5.98. The maximum absolute atomic E-state index is 13.2. The first-order valence-corrected chi connectivity index (χ1v) is 8.22. The van der Waals surface area contributed by atoms with Crippen molar-refractivity contribution in [1.82, 2.24) is 0 Å². The Morgan fingerprint density at radius 2 is 1.40 bits per heavy atom. The Bertz CT molecular complexity index is 814. The molecule has 0 aliphatic rings. The van der Waals surface area contributed by atoms with Crippen LogP contribution in [-0.2, 0) is 6.42 Å². The highest BCUT2D eigenvalue weighted by atomic mass is 19.1. The summed E-state index contributed by atoms with van der Waals surface area (Å²) < 4.78 is 13.2. The third-order valence-corrected chi connectivity index (χ3v) is 4.29. The summed E-state index contributed by atoms with van der Waals surface area (Å²) in [6.07, 6.45) is -0.594. The number of aliphatic hydroxyl groups is 1. The molecule has 0 spiro atoms. The lowest BCUT2D eigenvalue weighted by Crippen LogP contribution is -2.25. The van der Waals surface area contributed by atoms with Crippen molar-refractivity contribution < 1.29 is 14.3 Å². The topological polar surface area (TPSA) is 37.3 Å². The van der Waals surface area contributed by atoms with E-state index in [1.807, 2.05) is 24.3 Å². The molecule has 0 unspecified atom stereocenters. The largest absolute Gasteiger partial charge is 0.388 e. The number of ketones is 1. The molecule has 0 amide bonds. The van der Waals surface area contributed by atoms with Gasteiger partial charge in [-0.1, -0.05) is 72.8 Å². The van der Waals surface area contributed by atoms with E-state index < -0.39 is 12.0 Å². The van der Waals surface area contributed by atoms with E-state index in [4.69, 9.17) is 0 Å². The summed E-state index contributed by atoms with van der Waals surface area (Å²) in [5.74, 6) is -1.09. The molecule has 126 valence electrons. The van der Waals surface area contributed by atoms with E-state index in [0.29, 0.717) is 17.5 Å². The van der Waals surface area contributed by atoms with Crippen molar-refractivity contribution in [2.75, 3.05) is 0 Å². The Morgan fingerprint density at radius 1 is 0.840 bits per heavy atom. The Morgan fingerprint density at radius 3 is 2.00 bits per heavy atom. The van der Waals surface area contributed by atoms with Gasteiger partial charge in [-0.25, -0.2) is 4.39 Å². The van der Waals surface area contributed by atoms with Gasteiger partial charge in [-0.05, 0) is 29.7 Å². The lowest BCUT2D eigenvalue weighted by atomic mass is 9.84. The van der Waals surface area contributed by atoms with Crippen molar-refractivity contribution in [2.45, 2.75) is 12.5 Å². The van der Waals surface area contributed by atoms with E-state index in [9.17, 15) is 14.3 Å². The minimum atomic E-state index is -0.932. The van der Waals surface area contributed by atoms with Gasteiger partial charge in [0.15, 0.2) is 5.78 Å². The summed E-state index contributed by atoms with van der Waals surface area (Å²) in [4.78, 5) is 13.0. The molecular weight excluding hydrogens is 315 g/mol. The number of rotatable bonds is 6. The predicted molar refractivity (Wildman–Crippen MR) is 95.8 cm³/mol. The van der Waals surface area contributed by atoms with Crippen LogP contribution in [0, 0.1) is 11.7 Å². The van der Waals surface area contributed by atoms with E-state index in [-0.39, 0.29) is 11.6 Å². The quantitative estimate of drug-likeness (QED) is 0.669. The van der Waals surface area contributed by atoms with Gasteiger partial charge in [-0.15, -0.1) is 0 Å². The number of hydrogen-bond acceptors (Lipinski definition) is 2. The van der Waals surface area contributed by atoms with Gasteiger partial charge in [-0.3, -0.25) is 4.79 Å². The molecule has 2 atom stereocenters. The number of aliphatic hydroxyl groups excluding tert-OH is 1. The summed E-state index contributed by atoms with van der Waals surface area (Å²) in [5.41, 5.74) is 2.06. The van der Waals surface area contributed by atoms with Crippen molar-refractivity contribution in [2.24, 2.45) is 5.92 Å². The van der Waals surface area contributed by atoms with Crippen LogP contribution in [0.1, 0.15) is 27.6 Å². The maximum Gasteiger partial charge on any atom is 0.169 e. The maximum atomic E-state index is 13.2. The molecule has 0 aromatic heterocycles. The lowest BCUT2D eigenvalue weighted by molar-refractivity contribution is 0.0676. The molecule has 0 aliphatic heterocycles. The van der Waals surface area contributed by atoms with Gasteiger partial charge < -0.3 is 5.11 Å². The van der Waals surface area contributed by atoms with Crippen molar-refractivity contribution >= 4 is 5.78 Å². The fraction of sp³-hybridized carbons (Fsp3) is 0.136. The van der Waals surface area contributed by atoms with Gasteiger partial charge in [0.05, 0.1) is 12.0 Å². The molecular formula is C22H19FO2. The lowest BCUT2D eigenvalue weighted by Gasteiger charge is -2.22. The molecule has 3 heteroatoms. The van der Waals surface area contributed by atoms with Crippen LogP contribution >= 0.6 is 0 Å². The molecule has 3 rings (SSSR count). The Labute approximate surface area is 146 Å². The number of Topliss-reactive ketones (excluding diaryl/α,β-unsaturated/α-hetero) is 1. The Balaban J connectivity index is 1.93. The average Bonchev–Trinajstić information content (AvgIpc) is 2.68. The van der Waals surface area contributed by atoms with Crippen LogP contribution in [0.25, 0.3) is 0 Å². The van der Waals surface area contributed by atoms with Crippen LogP contribution < -0.4 is 0 Å². The third kappa shape index (κ3) is 4.20. The molecule has 0 fully saturated rings. The molecule has 3 aromatic rings. The average molecular weight is 334 g/mol. The van der Waals surface area contributed by atoms with Crippen molar-refractivity contribution in [3.8, 4) is 0 Å². The van der Waals surface area contributed by atoms with E-state index >= 15 is 0 Å². The summed E-state index contributed by atoms with van der Waals surface area (Å²) in [7, 11) is 0. The molecule has 2 nitrogen and oxygen atoms in total. The molecule has 0 aliphatic carbocycles. The fourth-order valence-corrected chi connectivity index (χ4v) is 2.92. The second-order valence-corrected chi connectivity index (χ2v) is 6.02. The van der Waals surface area contributed by atoms with Crippen molar-refractivity contribution in [1.29, 1.82) is 0 Å². The highest BCUT2D eigenvalue weighted by Crippen LogP contribution is 2.28. The van der Waals surface area contributed by atoms with Gasteiger partial charge in [0.25, 0.3) is 0 Å². The normalized spacial score (nSPS) is 13.2. The molecule has 1 N–H and O–H groups in total. The predicted octanol–water partition coefficient (Wildman–Crippen LogP) is 4.60. The number of hydrogen-bond donors (Lipinski definition) is 1. The molecule has 0 bridgehead atoms. The number of benzene rings is 3. The van der Waals surface area contributed by atoms with Crippen molar-refractivity contribution in [3.63, 3.8) is 0 Å². The zero-order chi connectivity index (χ0) is 17.6. The van der Waals surface area contributed by atoms with E-state index in [1.165, 1.54) is 12.1 Å². The summed E-state index contributed by atoms with van der Waals surface area (Å²) >= 11 is 0. The van der Waals surface area contributed by atoms with E-state index in [0.717, 1.165) is 5.56 Å². The van der Waals surface area contributed by atoms with Crippen LogP contribution in [0.3, 0.4) is 0 Å². The monoisotopic (exact) mass is 334 g/mol. The molecule has 25 heavy (non-hydrogen) atoms. The second-order valence-electron chi connectivity index (χ2n) is 6.02. The van der Waals surface area contributed by atoms with Gasteiger partial charge in [0.2, 0.25) is 0 Å². The highest BCUT2D eigenvalue weighted by Gasteiger charge is 2.29. The second kappa shape index (κ2) is 7.86. The van der Waals surface area contributed by atoms with Gasteiger partial charge >= 0.3 is 0 Å². The number of carbonyl (C=O) groups is 1. The van der Waals surface area contributed by atoms with Crippen LogP contribution in [-0.4, -0.2) is 10.9 Å². The first kappa shape index (κ1) is 17.1. The first-order chi connectivity index (χ1) is 12.1. The molecule has 0 saturated heterocycles. The standard InChI is InChI=1S/C22H19FO2/c23-19-13-11-16(12-14-19)15-20(21(24)17-7-3-1-4-8-17)22(25)18-9-5-2-6-10-18/h1-14,20-21,24H,15H2/t20-,21+/m1/s1. The molecule has 0 heterocycles. The Kier molecular flexibility index (Phi) is 5.36. The SMILES string of the molecule is O=C(c1ccccc1)[C@H](Cc1ccc(F)cc1)[C@@H](O)c1ccccc1. The molecule has 0 saturated carbocycles. The molecule has 0 radical (unpaired) electrons. The van der Waals surface area contributed by atoms with Crippen LogP contribution in [0.15, 0.2) is 84.9 Å². The number of carbonyl (C=O) groups excluding carboxylic acids is 1. The van der Waals surface area contributed by atoms with Gasteiger partial charge in [-0.2, -0.15) is 0 Å². The van der Waals surface area contributed by atoms with Crippen LogP contribution in [0.5, 0.6) is 0 Å². The summed E-state index contributed by atoms with van der Waals surface area (Å²) in [5, 5.41) is 10.8. The smallest absolute Gasteiger partial charge is 0.169 e.